The molecule has 0 spiro atoms. The van der Waals surface area contributed by atoms with Crippen LogP contribution in [0.25, 0.3) is 0 Å². The molecule has 3 heteroatoms. The van der Waals surface area contributed by atoms with Crippen LogP contribution in [0.1, 0.15) is 44.1 Å². The molecule has 22 heavy (non-hydrogen) atoms. The molecule has 1 saturated carbocycles. The standard InChI is InChI=1S/C19H28N2O/c1-21(15-17-6-3-2-4-7-17)18(22)19(10-12-20-13-11-19)14-16-8-5-9-16/h2-4,6-7,16,20H,5,8-15H2,1H3. The highest BCUT2D eigenvalue weighted by atomic mass is 16.2. The molecule has 2 aliphatic rings. The van der Waals surface area contributed by atoms with Crippen molar-refractivity contribution in [3.05, 3.63) is 35.9 Å². The molecule has 1 aliphatic heterocycles. The molecule has 1 amide bonds. The highest BCUT2D eigenvalue weighted by Crippen LogP contribution is 2.43. The molecular weight excluding hydrogens is 272 g/mol. The molecule has 120 valence electrons. The molecule has 0 unspecified atom stereocenters. The van der Waals surface area contributed by atoms with Gasteiger partial charge < -0.3 is 10.2 Å². The van der Waals surface area contributed by atoms with Crippen LogP contribution in [0.3, 0.4) is 0 Å². The number of carbonyl (C=O) groups is 1. The summed E-state index contributed by atoms with van der Waals surface area (Å²) in [6.45, 7) is 2.69. The third-order valence-electron chi connectivity index (χ3n) is 5.53. The monoisotopic (exact) mass is 300 g/mol. The Labute approximate surface area is 134 Å². The first kappa shape index (κ1) is 15.5. The van der Waals surface area contributed by atoms with Crippen molar-refractivity contribution in [1.29, 1.82) is 0 Å². The van der Waals surface area contributed by atoms with Crippen LogP contribution in [-0.2, 0) is 11.3 Å². The van der Waals surface area contributed by atoms with E-state index in [-0.39, 0.29) is 5.41 Å². The van der Waals surface area contributed by atoms with Gasteiger partial charge in [0, 0.05) is 13.6 Å². The molecule has 0 aromatic heterocycles. The number of hydrogen-bond donors (Lipinski definition) is 1. The highest BCUT2D eigenvalue weighted by molar-refractivity contribution is 5.82. The van der Waals surface area contributed by atoms with Gasteiger partial charge in [0.2, 0.25) is 5.91 Å². The summed E-state index contributed by atoms with van der Waals surface area (Å²) in [7, 11) is 1.97. The Kier molecular flexibility index (Phi) is 4.82. The zero-order valence-corrected chi connectivity index (χ0v) is 13.7. The maximum absolute atomic E-state index is 13.2. The van der Waals surface area contributed by atoms with Crippen molar-refractivity contribution in [3.63, 3.8) is 0 Å². The lowest BCUT2D eigenvalue weighted by Gasteiger charge is -2.43. The second-order valence-electron chi connectivity index (χ2n) is 7.18. The summed E-state index contributed by atoms with van der Waals surface area (Å²) in [5, 5.41) is 3.42. The zero-order valence-electron chi connectivity index (χ0n) is 13.7. The lowest BCUT2D eigenvalue weighted by atomic mass is 9.67. The number of nitrogens with zero attached hydrogens (tertiary/aromatic N) is 1. The van der Waals surface area contributed by atoms with Gasteiger partial charge >= 0.3 is 0 Å². The molecule has 0 atom stereocenters. The summed E-state index contributed by atoms with van der Waals surface area (Å²) in [4.78, 5) is 15.2. The van der Waals surface area contributed by atoms with Crippen molar-refractivity contribution < 1.29 is 4.79 Å². The van der Waals surface area contributed by atoms with Gasteiger partial charge in [-0.25, -0.2) is 0 Å². The van der Waals surface area contributed by atoms with Gasteiger partial charge in [-0.15, -0.1) is 0 Å². The van der Waals surface area contributed by atoms with Crippen LogP contribution in [0, 0.1) is 11.3 Å². The maximum Gasteiger partial charge on any atom is 0.228 e. The van der Waals surface area contributed by atoms with Gasteiger partial charge in [0.15, 0.2) is 0 Å². The van der Waals surface area contributed by atoms with E-state index < -0.39 is 0 Å². The Morgan fingerprint density at radius 2 is 1.91 bits per heavy atom. The van der Waals surface area contributed by atoms with Gasteiger partial charge in [-0.1, -0.05) is 49.6 Å². The molecule has 1 aliphatic carbocycles. The average Bonchev–Trinajstić information content (AvgIpc) is 2.52. The van der Waals surface area contributed by atoms with Crippen LogP contribution in [0.15, 0.2) is 30.3 Å². The van der Waals surface area contributed by atoms with E-state index in [1.165, 1.54) is 24.8 Å². The molecule has 0 radical (unpaired) electrons. The van der Waals surface area contributed by atoms with Gasteiger partial charge in [0.25, 0.3) is 0 Å². The number of nitrogens with one attached hydrogen (secondary N) is 1. The lowest BCUT2D eigenvalue weighted by molar-refractivity contribution is -0.145. The van der Waals surface area contributed by atoms with Crippen LogP contribution in [0.5, 0.6) is 0 Å². The maximum atomic E-state index is 13.2. The van der Waals surface area contributed by atoms with Crippen molar-refractivity contribution in [2.24, 2.45) is 11.3 Å². The van der Waals surface area contributed by atoms with E-state index in [2.05, 4.69) is 17.4 Å². The molecule has 1 aromatic carbocycles. The van der Waals surface area contributed by atoms with Crippen molar-refractivity contribution in [2.75, 3.05) is 20.1 Å². The number of piperidine rings is 1. The van der Waals surface area contributed by atoms with E-state index in [0.29, 0.717) is 5.91 Å². The summed E-state index contributed by atoms with van der Waals surface area (Å²) in [5.41, 5.74) is 1.10. The first-order valence-corrected chi connectivity index (χ1v) is 8.70. The van der Waals surface area contributed by atoms with Crippen LogP contribution in [-0.4, -0.2) is 30.9 Å². The number of carbonyl (C=O) groups excluding carboxylic acids is 1. The van der Waals surface area contributed by atoms with Crippen molar-refractivity contribution in [1.82, 2.24) is 10.2 Å². The van der Waals surface area contributed by atoms with Gasteiger partial charge in [-0.3, -0.25) is 4.79 Å². The third kappa shape index (κ3) is 3.35. The quantitative estimate of drug-likeness (QED) is 0.905. The number of hydrogen-bond acceptors (Lipinski definition) is 2. The fraction of sp³-hybridized carbons (Fsp3) is 0.632. The normalized spacial score (nSPS) is 21.1. The van der Waals surface area contributed by atoms with E-state index in [9.17, 15) is 4.79 Å². The highest BCUT2D eigenvalue weighted by Gasteiger charge is 2.43. The minimum absolute atomic E-state index is 0.111. The van der Waals surface area contributed by atoms with Crippen LogP contribution in [0.4, 0.5) is 0 Å². The summed E-state index contributed by atoms with van der Waals surface area (Å²) in [5.74, 6) is 1.15. The van der Waals surface area contributed by atoms with Crippen LogP contribution in [0.2, 0.25) is 0 Å². The molecule has 3 rings (SSSR count). The minimum atomic E-state index is -0.111. The van der Waals surface area contributed by atoms with Crippen LogP contribution < -0.4 is 5.32 Å². The summed E-state index contributed by atoms with van der Waals surface area (Å²) in [6, 6.07) is 10.3. The molecule has 2 fully saturated rings. The fourth-order valence-electron chi connectivity index (χ4n) is 3.99. The topological polar surface area (TPSA) is 32.3 Å². The summed E-state index contributed by atoms with van der Waals surface area (Å²) < 4.78 is 0. The first-order chi connectivity index (χ1) is 10.7. The summed E-state index contributed by atoms with van der Waals surface area (Å²) >= 11 is 0. The van der Waals surface area contributed by atoms with Crippen molar-refractivity contribution >= 4 is 5.91 Å². The molecule has 1 aromatic rings. The van der Waals surface area contributed by atoms with E-state index in [4.69, 9.17) is 0 Å². The van der Waals surface area contributed by atoms with E-state index in [1.54, 1.807) is 0 Å². The molecule has 1 saturated heterocycles. The third-order valence-corrected chi connectivity index (χ3v) is 5.53. The second kappa shape index (κ2) is 6.82. The van der Waals surface area contributed by atoms with Crippen LogP contribution >= 0.6 is 0 Å². The molecule has 0 bridgehead atoms. The van der Waals surface area contributed by atoms with Gasteiger partial charge in [0.1, 0.15) is 0 Å². The number of benzene rings is 1. The van der Waals surface area contributed by atoms with Gasteiger partial charge in [-0.05, 0) is 43.8 Å². The predicted molar refractivity (Wildman–Crippen MR) is 89.4 cm³/mol. The second-order valence-corrected chi connectivity index (χ2v) is 7.18. The fourth-order valence-corrected chi connectivity index (χ4v) is 3.99. The van der Waals surface area contributed by atoms with E-state index in [0.717, 1.165) is 44.8 Å². The van der Waals surface area contributed by atoms with E-state index in [1.807, 2.05) is 30.1 Å². The first-order valence-electron chi connectivity index (χ1n) is 8.70. The van der Waals surface area contributed by atoms with Gasteiger partial charge in [-0.2, -0.15) is 0 Å². The molecule has 1 heterocycles. The molecule has 1 N–H and O–H groups in total. The van der Waals surface area contributed by atoms with E-state index >= 15 is 0 Å². The average molecular weight is 300 g/mol. The zero-order chi connectivity index (χ0) is 15.4. The Morgan fingerprint density at radius 1 is 1.23 bits per heavy atom. The smallest absolute Gasteiger partial charge is 0.228 e. The summed E-state index contributed by atoms with van der Waals surface area (Å²) in [6.07, 6.45) is 7.11. The van der Waals surface area contributed by atoms with Gasteiger partial charge in [0.05, 0.1) is 5.41 Å². The largest absolute Gasteiger partial charge is 0.341 e. The SMILES string of the molecule is CN(Cc1ccccc1)C(=O)C1(CC2CCC2)CCNCC1. The number of rotatable bonds is 5. The molecular formula is C19H28N2O. The Hall–Kier alpha value is -1.35. The Balaban J connectivity index is 1.70. The van der Waals surface area contributed by atoms with Crippen molar-refractivity contribution in [3.8, 4) is 0 Å². The predicted octanol–water partition coefficient (Wildman–Crippen LogP) is 3.21. The Morgan fingerprint density at radius 3 is 2.50 bits per heavy atom. The van der Waals surface area contributed by atoms with Crippen molar-refractivity contribution in [2.45, 2.75) is 45.1 Å². The molecule has 3 nitrogen and oxygen atoms in total. The Bertz CT molecular complexity index is 489. The lowest BCUT2D eigenvalue weighted by Crippen LogP contribution is -2.49. The minimum Gasteiger partial charge on any atom is -0.341 e. The number of amides is 1.